The number of para-hydroxylation sites is 2. The summed E-state index contributed by atoms with van der Waals surface area (Å²) in [4.78, 5) is 17.6. The van der Waals surface area contributed by atoms with Crippen molar-refractivity contribution in [3.8, 4) is 0 Å². The largest absolute Gasteiger partial charge is 0.451 e. The molecule has 138 valence electrons. The zero-order chi connectivity index (χ0) is 19.1. The fraction of sp³-hybridized carbons (Fsp3) is 0.238. The molecule has 27 heavy (non-hydrogen) atoms. The molecule has 0 aliphatic carbocycles. The molecular formula is C21H20ClN3O2. The van der Waals surface area contributed by atoms with Gasteiger partial charge in [0.1, 0.15) is 11.4 Å². The molecule has 6 heteroatoms. The zero-order valence-electron chi connectivity index (χ0n) is 15.4. The summed E-state index contributed by atoms with van der Waals surface area (Å²) in [5, 5.41) is 4.48. The minimum absolute atomic E-state index is 0.262. The van der Waals surface area contributed by atoms with Gasteiger partial charge in [0.15, 0.2) is 5.76 Å². The van der Waals surface area contributed by atoms with E-state index in [1.807, 2.05) is 44.2 Å². The highest BCUT2D eigenvalue weighted by Gasteiger charge is 2.22. The maximum absolute atomic E-state index is 12.8. The van der Waals surface area contributed by atoms with Gasteiger partial charge in [-0.05, 0) is 51.1 Å². The van der Waals surface area contributed by atoms with Gasteiger partial charge in [-0.1, -0.05) is 23.7 Å². The van der Waals surface area contributed by atoms with Crippen LogP contribution in [0.15, 0.2) is 46.9 Å². The number of furan rings is 1. The maximum Gasteiger partial charge on any atom is 0.287 e. The van der Waals surface area contributed by atoms with Crippen LogP contribution in [-0.4, -0.2) is 15.5 Å². The molecule has 1 N–H and O–H groups in total. The Hall–Kier alpha value is -2.79. The second-order valence-electron chi connectivity index (χ2n) is 6.59. The average molecular weight is 382 g/mol. The van der Waals surface area contributed by atoms with Crippen LogP contribution >= 0.6 is 11.6 Å². The third-order valence-corrected chi connectivity index (χ3v) is 5.07. The number of aromatic nitrogens is 2. The van der Waals surface area contributed by atoms with E-state index in [1.165, 1.54) is 0 Å². The SMILES string of the molecule is CCn1c(C(C)NC(=O)c2oc3ccc(Cl)cc3c2C)nc2ccccc21. The predicted octanol–water partition coefficient (Wildman–Crippen LogP) is 5.26. The highest BCUT2D eigenvalue weighted by Crippen LogP contribution is 2.28. The van der Waals surface area contributed by atoms with Gasteiger partial charge in [0.2, 0.25) is 0 Å². The van der Waals surface area contributed by atoms with Gasteiger partial charge in [-0.3, -0.25) is 4.79 Å². The number of hydrogen-bond acceptors (Lipinski definition) is 3. The first kappa shape index (κ1) is 17.6. The van der Waals surface area contributed by atoms with E-state index in [0.717, 1.165) is 34.4 Å². The number of hydrogen-bond donors (Lipinski definition) is 1. The Morgan fingerprint density at radius 3 is 2.85 bits per heavy atom. The van der Waals surface area contributed by atoms with Crippen molar-refractivity contribution in [2.24, 2.45) is 0 Å². The zero-order valence-corrected chi connectivity index (χ0v) is 16.2. The van der Waals surface area contributed by atoms with Gasteiger partial charge in [0.25, 0.3) is 5.91 Å². The number of fused-ring (bicyclic) bond motifs is 2. The van der Waals surface area contributed by atoms with Gasteiger partial charge in [0.05, 0.1) is 17.1 Å². The van der Waals surface area contributed by atoms with E-state index in [9.17, 15) is 4.79 Å². The van der Waals surface area contributed by atoms with E-state index in [-0.39, 0.29) is 11.9 Å². The molecule has 2 aromatic heterocycles. The fourth-order valence-electron chi connectivity index (χ4n) is 3.49. The molecule has 0 aliphatic heterocycles. The third-order valence-electron chi connectivity index (χ3n) is 4.84. The van der Waals surface area contributed by atoms with Crippen LogP contribution in [0.3, 0.4) is 0 Å². The van der Waals surface area contributed by atoms with Crippen molar-refractivity contribution < 1.29 is 9.21 Å². The lowest BCUT2D eigenvalue weighted by atomic mass is 10.1. The molecule has 0 saturated carbocycles. The van der Waals surface area contributed by atoms with Crippen molar-refractivity contribution in [2.75, 3.05) is 0 Å². The molecule has 4 aromatic rings. The number of amides is 1. The number of rotatable bonds is 4. The third kappa shape index (κ3) is 2.98. The highest BCUT2D eigenvalue weighted by molar-refractivity contribution is 6.31. The summed E-state index contributed by atoms with van der Waals surface area (Å²) < 4.78 is 7.89. The quantitative estimate of drug-likeness (QED) is 0.524. The fourth-order valence-corrected chi connectivity index (χ4v) is 3.67. The Labute approximate surface area is 161 Å². The summed E-state index contributed by atoms with van der Waals surface area (Å²) in [6.45, 7) is 6.64. The molecule has 1 atom stereocenters. The van der Waals surface area contributed by atoms with E-state index in [2.05, 4.69) is 16.8 Å². The molecule has 0 aliphatic rings. The second kappa shape index (κ2) is 6.74. The number of nitrogens with zero attached hydrogens (tertiary/aromatic N) is 2. The number of benzene rings is 2. The van der Waals surface area contributed by atoms with Gasteiger partial charge in [0, 0.05) is 22.5 Å². The summed E-state index contributed by atoms with van der Waals surface area (Å²) in [5.41, 5.74) is 3.41. The lowest BCUT2D eigenvalue weighted by molar-refractivity contribution is 0.0911. The minimum Gasteiger partial charge on any atom is -0.451 e. The van der Waals surface area contributed by atoms with Crippen LogP contribution in [0.25, 0.3) is 22.0 Å². The van der Waals surface area contributed by atoms with Crippen molar-refractivity contribution in [2.45, 2.75) is 33.4 Å². The Bertz CT molecular complexity index is 1160. The highest BCUT2D eigenvalue weighted by atomic mass is 35.5. The van der Waals surface area contributed by atoms with E-state index in [4.69, 9.17) is 21.0 Å². The van der Waals surface area contributed by atoms with Gasteiger partial charge in [-0.2, -0.15) is 0 Å². The lowest BCUT2D eigenvalue weighted by Gasteiger charge is -2.14. The first-order chi connectivity index (χ1) is 13.0. The van der Waals surface area contributed by atoms with Crippen LogP contribution < -0.4 is 5.32 Å². The average Bonchev–Trinajstić information content (AvgIpc) is 3.20. The van der Waals surface area contributed by atoms with Crippen LogP contribution in [0.5, 0.6) is 0 Å². The van der Waals surface area contributed by atoms with Crippen molar-refractivity contribution in [1.82, 2.24) is 14.9 Å². The summed E-state index contributed by atoms with van der Waals surface area (Å²) in [7, 11) is 0. The van der Waals surface area contributed by atoms with Crippen molar-refractivity contribution >= 4 is 39.5 Å². The number of aryl methyl sites for hydroxylation is 2. The lowest BCUT2D eigenvalue weighted by Crippen LogP contribution is -2.28. The number of nitrogens with one attached hydrogen (secondary N) is 1. The van der Waals surface area contributed by atoms with Crippen LogP contribution in [0.1, 0.15) is 41.8 Å². The van der Waals surface area contributed by atoms with E-state index < -0.39 is 0 Å². The molecule has 2 heterocycles. The molecule has 2 aromatic carbocycles. The van der Waals surface area contributed by atoms with E-state index in [1.54, 1.807) is 12.1 Å². The molecule has 0 fully saturated rings. The Kier molecular flexibility index (Phi) is 4.40. The van der Waals surface area contributed by atoms with Gasteiger partial charge in [-0.25, -0.2) is 4.98 Å². The van der Waals surface area contributed by atoms with E-state index >= 15 is 0 Å². The van der Waals surface area contributed by atoms with Crippen molar-refractivity contribution in [1.29, 1.82) is 0 Å². The van der Waals surface area contributed by atoms with E-state index in [0.29, 0.717) is 16.4 Å². The maximum atomic E-state index is 12.8. The molecule has 0 spiro atoms. The molecule has 0 radical (unpaired) electrons. The number of carbonyl (C=O) groups is 1. The summed E-state index contributed by atoms with van der Waals surface area (Å²) >= 11 is 6.06. The Morgan fingerprint density at radius 1 is 1.30 bits per heavy atom. The van der Waals surface area contributed by atoms with Crippen LogP contribution in [0.2, 0.25) is 5.02 Å². The monoisotopic (exact) mass is 381 g/mol. The number of carbonyl (C=O) groups excluding carboxylic acids is 1. The van der Waals surface area contributed by atoms with Gasteiger partial charge < -0.3 is 14.3 Å². The van der Waals surface area contributed by atoms with Crippen molar-refractivity contribution in [3.05, 3.63) is 64.6 Å². The molecular weight excluding hydrogens is 362 g/mol. The normalized spacial score (nSPS) is 12.6. The molecule has 0 saturated heterocycles. The smallest absolute Gasteiger partial charge is 0.287 e. The van der Waals surface area contributed by atoms with Gasteiger partial charge in [-0.15, -0.1) is 0 Å². The molecule has 0 bridgehead atoms. The molecule has 5 nitrogen and oxygen atoms in total. The minimum atomic E-state index is -0.263. The van der Waals surface area contributed by atoms with Crippen molar-refractivity contribution in [3.63, 3.8) is 0 Å². The second-order valence-corrected chi connectivity index (χ2v) is 7.03. The standard InChI is InChI=1S/C21H20ClN3O2/c1-4-25-17-8-6-5-7-16(17)24-20(25)13(3)23-21(26)19-12(2)15-11-14(22)9-10-18(15)27-19/h5-11,13H,4H2,1-3H3,(H,23,26). The topological polar surface area (TPSA) is 60.1 Å². The number of halogens is 1. The molecule has 1 amide bonds. The van der Waals surface area contributed by atoms with Crippen LogP contribution in [0.4, 0.5) is 0 Å². The Morgan fingerprint density at radius 2 is 2.07 bits per heavy atom. The Balaban J connectivity index is 1.66. The first-order valence-corrected chi connectivity index (χ1v) is 9.32. The van der Waals surface area contributed by atoms with Crippen LogP contribution in [-0.2, 0) is 6.54 Å². The summed E-state index contributed by atoms with van der Waals surface area (Å²) in [6, 6.07) is 13.1. The number of imidazole rings is 1. The predicted molar refractivity (Wildman–Crippen MR) is 107 cm³/mol. The van der Waals surface area contributed by atoms with Gasteiger partial charge >= 0.3 is 0 Å². The summed E-state index contributed by atoms with van der Waals surface area (Å²) in [5.74, 6) is 0.865. The van der Waals surface area contributed by atoms with Crippen LogP contribution in [0, 0.1) is 6.92 Å². The summed E-state index contributed by atoms with van der Waals surface area (Å²) in [6.07, 6.45) is 0. The first-order valence-electron chi connectivity index (χ1n) is 8.94. The molecule has 1 unspecified atom stereocenters. The molecule has 4 rings (SSSR count).